The molecule has 6 rings (SSSR count). The average molecular weight is 495 g/mol. The quantitative estimate of drug-likeness (QED) is 0.306. The smallest absolute Gasteiger partial charge is 0.199 e. The van der Waals surface area contributed by atoms with Gasteiger partial charge in [0.05, 0.1) is 0 Å². The van der Waals surface area contributed by atoms with Gasteiger partial charge in [0, 0.05) is 79.3 Å². The molecule has 0 atom stereocenters. The molecule has 0 amide bonds. The van der Waals surface area contributed by atoms with E-state index in [1.165, 1.54) is 49.2 Å². The number of nitrogens with zero attached hydrogens (tertiary/aromatic N) is 4. The zero-order valence-corrected chi connectivity index (χ0v) is 21.7. The Bertz CT molecular complexity index is 1250. The topological polar surface area (TPSA) is 34.9 Å². The van der Waals surface area contributed by atoms with Crippen LogP contribution in [-0.2, 0) is 0 Å². The van der Waals surface area contributed by atoms with Gasteiger partial charge in [-0.3, -0.25) is 4.90 Å². The second-order valence-corrected chi connectivity index (χ2v) is 10.6. The molecule has 1 aliphatic heterocycles. The summed E-state index contributed by atoms with van der Waals surface area (Å²) in [4.78, 5) is 7.46. The Morgan fingerprint density at radius 2 is 1.41 bits per heavy atom. The van der Waals surface area contributed by atoms with E-state index in [9.17, 15) is 5.11 Å². The van der Waals surface area contributed by atoms with Crippen LogP contribution in [0.3, 0.4) is 0 Å². The first-order valence-corrected chi connectivity index (χ1v) is 13.9. The van der Waals surface area contributed by atoms with Crippen LogP contribution >= 0.6 is 0 Å². The molecule has 5 heteroatoms. The van der Waals surface area contributed by atoms with E-state index in [4.69, 9.17) is 0 Å². The molecule has 4 aromatic rings. The van der Waals surface area contributed by atoms with E-state index in [1.54, 1.807) is 0 Å². The molecule has 5 nitrogen and oxygen atoms in total. The van der Waals surface area contributed by atoms with Gasteiger partial charge in [-0.15, -0.1) is 0 Å². The molecule has 37 heavy (non-hydrogen) atoms. The summed E-state index contributed by atoms with van der Waals surface area (Å²) in [5.41, 5.74) is 3.69. The van der Waals surface area contributed by atoms with Crippen LogP contribution < -0.4 is 9.80 Å². The molecular formula is C32H38N4O. The lowest BCUT2D eigenvalue weighted by Crippen LogP contribution is -2.48. The summed E-state index contributed by atoms with van der Waals surface area (Å²) in [6.45, 7) is 6.10. The molecule has 0 radical (unpaired) electrons. The largest absolute Gasteiger partial charge is 0.494 e. The monoisotopic (exact) mass is 494 g/mol. The Labute approximate surface area is 220 Å². The van der Waals surface area contributed by atoms with Crippen molar-refractivity contribution in [1.29, 1.82) is 0 Å². The van der Waals surface area contributed by atoms with E-state index in [2.05, 4.69) is 104 Å². The predicted molar refractivity (Wildman–Crippen MR) is 154 cm³/mol. The minimum absolute atomic E-state index is 0.444. The van der Waals surface area contributed by atoms with Crippen molar-refractivity contribution in [1.82, 2.24) is 9.47 Å². The van der Waals surface area contributed by atoms with Crippen LogP contribution in [0.15, 0.2) is 85.1 Å². The molecule has 0 unspecified atom stereocenters. The van der Waals surface area contributed by atoms with Crippen LogP contribution in [-0.4, -0.2) is 53.8 Å². The number of hydrogen-bond acceptors (Lipinski definition) is 4. The van der Waals surface area contributed by atoms with Crippen molar-refractivity contribution in [3.8, 4) is 5.88 Å². The van der Waals surface area contributed by atoms with E-state index in [-0.39, 0.29) is 0 Å². The van der Waals surface area contributed by atoms with Crippen LogP contribution in [0.4, 0.5) is 17.1 Å². The van der Waals surface area contributed by atoms with Crippen molar-refractivity contribution in [2.24, 2.45) is 0 Å². The van der Waals surface area contributed by atoms with E-state index in [0.29, 0.717) is 11.9 Å². The lowest BCUT2D eigenvalue weighted by Gasteiger charge is -2.37. The van der Waals surface area contributed by atoms with Gasteiger partial charge in [-0.2, -0.15) is 0 Å². The highest BCUT2D eigenvalue weighted by molar-refractivity contribution is 5.91. The summed E-state index contributed by atoms with van der Waals surface area (Å²) in [6.07, 6.45) is 8.37. The average Bonchev–Trinajstić information content (AvgIpc) is 3.31. The maximum absolute atomic E-state index is 11.0. The van der Waals surface area contributed by atoms with Crippen LogP contribution in [0.1, 0.15) is 38.1 Å². The van der Waals surface area contributed by atoms with E-state index < -0.39 is 0 Å². The summed E-state index contributed by atoms with van der Waals surface area (Å²) in [5, 5.41) is 13.2. The summed E-state index contributed by atoms with van der Waals surface area (Å²) in [5.74, 6) is 0.448. The number of fused-ring (bicyclic) bond motifs is 1. The molecule has 2 aliphatic rings. The van der Waals surface area contributed by atoms with Gasteiger partial charge >= 0.3 is 0 Å². The van der Waals surface area contributed by atoms with Crippen LogP contribution in [0.5, 0.6) is 5.88 Å². The Morgan fingerprint density at radius 1 is 0.757 bits per heavy atom. The molecule has 1 aromatic heterocycles. The molecule has 1 saturated heterocycles. The number of aromatic nitrogens is 1. The van der Waals surface area contributed by atoms with Gasteiger partial charge in [-0.05, 0) is 49.2 Å². The van der Waals surface area contributed by atoms with Crippen molar-refractivity contribution in [2.75, 3.05) is 49.1 Å². The van der Waals surface area contributed by atoms with Crippen molar-refractivity contribution < 1.29 is 5.11 Å². The molecule has 1 aliphatic carbocycles. The van der Waals surface area contributed by atoms with Gasteiger partial charge in [0.15, 0.2) is 5.88 Å². The first-order valence-electron chi connectivity index (χ1n) is 13.9. The summed E-state index contributed by atoms with van der Waals surface area (Å²) >= 11 is 0. The molecule has 1 N–H and O–H groups in total. The standard InChI is InChI=1S/C32H38N4O/c37-32-31-24-30(17-16-26(31)25-36(32)29-14-8-3-9-15-29)34-21-18-33(19-22-34)20-23-35(27-10-4-1-5-11-27)28-12-6-2-7-13-28/h1-2,4-7,10-13,16-17,24-25,29,37H,3,8-9,14-15,18-23H2. The normalized spacial score (nSPS) is 17.4. The predicted octanol–water partition coefficient (Wildman–Crippen LogP) is 6.81. The number of rotatable bonds is 7. The Morgan fingerprint density at radius 3 is 2.05 bits per heavy atom. The fourth-order valence-electron chi connectivity index (χ4n) is 6.13. The maximum Gasteiger partial charge on any atom is 0.199 e. The van der Waals surface area contributed by atoms with Crippen LogP contribution in [0, 0.1) is 0 Å². The van der Waals surface area contributed by atoms with Crippen molar-refractivity contribution >= 4 is 27.8 Å². The third kappa shape index (κ3) is 5.19. The minimum atomic E-state index is 0.444. The highest BCUT2D eigenvalue weighted by atomic mass is 16.3. The third-order valence-corrected chi connectivity index (χ3v) is 8.28. The summed E-state index contributed by atoms with van der Waals surface area (Å²) in [7, 11) is 0. The zero-order chi connectivity index (χ0) is 25.0. The molecule has 2 fully saturated rings. The van der Waals surface area contributed by atoms with E-state index in [0.717, 1.165) is 50.0 Å². The highest BCUT2D eigenvalue weighted by Crippen LogP contribution is 2.38. The Hall–Kier alpha value is -3.44. The van der Waals surface area contributed by atoms with Crippen molar-refractivity contribution in [2.45, 2.75) is 38.1 Å². The summed E-state index contributed by atoms with van der Waals surface area (Å²) < 4.78 is 2.14. The van der Waals surface area contributed by atoms with Crippen LogP contribution in [0.25, 0.3) is 10.8 Å². The van der Waals surface area contributed by atoms with Crippen molar-refractivity contribution in [3.63, 3.8) is 0 Å². The fraction of sp³-hybridized carbons (Fsp3) is 0.375. The van der Waals surface area contributed by atoms with Crippen LogP contribution in [0.2, 0.25) is 0 Å². The lowest BCUT2D eigenvalue weighted by atomic mass is 9.95. The van der Waals surface area contributed by atoms with Crippen molar-refractivity contribution in [3.05, 3.63) is 85.1 Å². The second-order valence-electron chi connectivity index (χ2n) is 10.6. The number of anilines is 3. The van der Waals surface area contributed by atoms with E-state index in [1.807, 2.05) is 0 Å². The maximum atomic E-state index is 11.0. The molecular weight excluding hydrogens is 456 g/mol. The molecule has 1 saturated carbocycles. The minimum Gasteiger partial charge on any atom is -0.494 e. The Kier molecular flexibility index (Phi) is 7.05. The van der Waals surface area contributed by atoms with Gasteiger partial charge in [-0.1, -0.05) is 61.7 Å². The number of aromatic hydroxyl groups is 1. The highest BCUT2D eigenvalue weighted by Gasteiger charge is 2.22. The molecule has 192 valence electrons. The molecule has 0 spiro atoms. The lowest BCUT2D eigenvalue weighted by molar-refractivity contribution is 0.264. The first-order chi connectivity index (χ1) is 18.3. The molecule has 0 bridgehead atoms. The summed E-state index contributed by atoms with van der Waals surface area (Å²) in [6, 6.07) is 28.4. The van der Waals surface area contributed by atoms with Gasteiger partial charge in [0.2, 0.25) is 0 Å². The number of hydrogen-bond donors (Lipinski definition) is 1. The SMILES string of the molecule is Oc1c2cc(N3CCN(CCN(c4ccccc4)c4ccccc4)CC3)ccc2cn1C1CCCCC1. The first kappa shape index (κ1) is 23.9. The zero-order valence-electron chi connectivity index (χ0n) is 21.7. The van der Waals surface area contributed by atoms with Gasteiger partial charge in [0.1, 0.15) is 0 Å². The number of para-hydroxylation sites is 2. The fourth-order valence-corrected chi connectivity index (χ4v) is 6.13. The number of benzene rings is 3. The second kappa shape index (κ2) is 10.9. The van der Waals surface area contributed by atoms with Gasteiger partial charge in [0.25, 0.3) is 0 Å². The van der Waals surface area contributed by atoms with Gasteiger partial charge < -0.3 is 19.5 Å². The third-order valence-electron chi connectivity index (χ3n) is 8.28. The van der Waals surface area contributed by atoms with Gasteiger partial charge in [-0.25, -0.2) is 0 Å². The molecule has 3 aromatic carbocycles. The Balaban J connectivity index is 1.10. The number of piperazine rings is 1. The van der Waals surface area contributed by atoms with E-state index >= 15 is 0 Å². The molecule has 2 heterocycles.